The number of benzene rings is 3. The van der Waals surface area contributed by atoms with Gasteiger partial charge in [0.1, 0.15) is 35.3 Å². The summed E-state index contributed by atoms with van der Waals surface area (Å²) in [7, 11) is 1.62. The molecule has 1 unspecified atom stereocenters. The normalized spacial score (nSPS) is 18.5. The summed E-state index contributed by atoms with van der Waals surface area (Å²) in [5.74, 6) is 1.99. The van der Waals surface area contributed by atoms with Gasteiger partial charge in [-0.05, 0) is 118 Å². The first kappa shape index (κ1) is 60.8. The predicted molar refractivity (Wildman–Crippen MR) is 322 cm³/mol. The third-order valence-electron chi connectivity index (χ3n) is 17.4. The summed E-state index contributed by atoms with van der Waals surface area (Å²) in [6.07, 6.45) is 14.4. The smallest absolute Gasteiger partial charge is 0.251 e. The number of nitrogens with two attached hydrogens (primary N) is 1. The zero-order chi connectivity index (χ0) is 58.1. The van der Waals surface area contributed by atoms with Gasteiger partial charge in [0.25, 0.3) is 5.91 Å². The van der Waals surface area contributed by atoms with Gasteiger partial charge in [0.2, 0.25) is 23.6 Å². The summed E-state index contributed by atoms with van der Waals surface area (Å²) < 4.78 is 11.2. The van der Waals surface area contributed by atoms with E-state index in [-0.39, 0.29) is 54.0 Å². The van der Waals surface area contributed by atoms with Gasteiger partial charge in [-0.25, -0.2) is 9.97 Å². The van der Waals surface area contributed by atoms with Crippen molar-refractivity contribution in [2.24, 2.45) is 11.7 Å². The molecule has 4 aliphatic rings. The number of anilines is 1. The average Bonchev–Trinajstić information content (AvgIpc) is 4.26. The first-order chi connectivity index (χ1) is 40.4. The quantitative estimate of drug-likeness (QED) is 0.0317. The monoisotopic (exact) mass is 1160 g/mol. The summed E-state index contributed by atoms with van der Waals surface area (Å²) >= 11 is 6.28. The van der Waals surface area contributed by atoms with Gasteiger partial charge in [-0.1, -0.05) is 67.6 Å². The number of piperazine rings is 1. The lowest BCUT2D eigenvalue weighted by atomic mass is 9.83. The van der Waals surface area contributed by atoms with E-state index in [2.05, 4.69) is 46.0 Å². The Morgan fingerprint density at radius 1 is 0.831 bits per heavy atom. The average molecular weight is 1160 g/mol. The molecule has 5 aromatic rings. The van der Waals surface area contributed by atoms with Gasteiger partial charge in [0, 0.05) is 113 Å². The van der Waals surface area contributed by atoms with Crippen LogP contribution in [0.15, 0.2) is 85.3 Å². The van der Waals surface area contributed by atoms with Gasteiger partial charge >= 0.3 is 0 Å². The molecule has 83 heavy (non-hydrogen) atoms. The zero-order valence-corrected chi connectivity index (χ0v) is 49.2. The van der Waals surface area contributed by atoms with Crippen LogP contribution in [0.4, 0.5) is 5.82 Å². The molecule has 0 spiro atoms. The molecule has 19 nitrogen and oxygen atoms in total. The van der Waals surface area contributed by atoms with Crippen molar-refractivity contribution in [1.29, 1.82) is 0 Å². The highest BCUT2D eigenvalue weighted by Crippen LogP contribution is 2.32. The second-order valence-corrected chi connectivity index (χ2v) is 23.4. The van der Waals surface area contributed by atoms with Crippen LogP contribution in [0.3, 0.4) is 0 Å². The number of ether oxygens (including phenoxy) is 2. The SMILES string of the molecule is CCOc1cc(OC)ccc1CNCC(=O)N1CCCC(c2cccc(C(=O)N[C@H](C(=O)NCCCCCC(=O)N3CCN(CC[C@H](NC(=O)C4(N)CCN(c5ncnc6[nH]ccc56)CC4)c4ccc(Cl)cc4)CC3)C3CCCCC3)c2)C1. The number of likely N-dealkylation sites (tertiary alicyclic amines) is 1. The number of aromatic amines is 1. The first-order valence-corrected chi connectivity index (χ1v) is 30.6. The predicted octanol–water partition coefficient (Wildman–Crippen LogP) is 7.26. The third-order valence-corrected chi connectivity index (χ3v) is 17.6. The molecular weight excluding hydrogens is 1070 g/mol. The second-order valence-electron chi connectivity index (χ2n) is 22.9. The minimum Gasteiger partial charge on any atom is -0.497 e. The Labute approximate surface area is 493 Å². The molecule has 3 atom stereocenters. The number of carbonyl (C=O) groups is 5. The molecule has 0 bridgehead atoms. The molecule has 3 aromatic carbocycles. The van der Waals surface area contributed by atoms with Crippen molar-refractivity contribution in [3.05, 3.63) is 113 Å². The lowest BCUT2D eigenvalue weighted by Gasteiger charge is -2.39. The Hall–Kier alpha value is -6.80. The second kappa shape index (κ2) is 29.6. The molecule has 5 heterocycles. The minimum absolute atomic E-state index is 0.0304. The zero-order valence-electron chi connectivity index (χ0n) is 48.5. The van der Waals surface area contributed by atoms with E-state index in [0.29, 0.717) is 101 Å². The fraction of sp³-hybridized carbons (Fsp3) is 0.540. The molecule has 20 heteroatoms. The van der Waals surface area contributed by atoms with Crippen molar-refractivity contribution in [2.45, 2.75) is 127 Å². The molecule has 1 aliphatic carbocycles. The number of hydrogen-bond donors (Lipinski definition) is 6. The number of carbonyl (C=O) groups excluding carboxylic acids is 5. The topological polar surface area (TPSA) is 232 Å². The molecule has 4 fully saturated rings. The van der Waals surface area contributed by atoms with Gasteiger partial charge in [0.15, 0.2) is 0 Å². The van der Waals surface area contributed by atoms with Gasteiger partial charge in [0.05, 0.1) is 37.2 Å². The Morgan fingerprint density at radius 2 is 1.63 bits per heavy atom. The van der Waals surface area contributed by atoms with Crippen molar-refractivity contribution >= 4 is 58.0 Å². The Kier molecular flexibility index (Phi) is 21.7. The molecule has 3 aliphatic heterocycles. The fourth-order valence-electron chi connectivity index (χ4n) is 12.4. The lowest BCUT2D eigenvalue weighted by Crippen LogP contribution is -2.60. The van der Waals surface area contributed by atoms with Crippen LogP contribution in [0.25, 0.3) is 11.0 Å². The van der Waals surface area contributed by atoms with Crippen molar-refractivity contribution in [3.8, 4) is 11.5 Å². The number of piperidine rings is 2. The van der Waals surface area contributed by atoms with Crippen LogP contribution in [-0.2, 0) is 25.7 Å². The highest BCUT2D eigenvalue weighted by molar-refractivity contribution is 6.30. The van der Waals surface area contributed by atoms with E-state index in [4.69, 9.17) is 26.8 Å². The van der Waals surface area contributed by atoms with E-state index in [1.807, 2.05) is 89.7 Å². The number of halogens is 1. The van der Waals surface area contributed by atoms with E-state index >= 15 is 0 Å². The molecule has 446 valence electrons. The van der Waals surface area contributed by atoms with Crippen LogP contribution in [0.5, 0.6) is 11.5 Å². The van der Waals surface area contributed by atoms with Crippen LogP contribution in [0.2, 0.25) is 5.02 Å². The standard InChI is InChI=1S/C63H85ClN12O7/c1-3-83-54-39-51(82-2)23-20-48(54)40-66-41-56(78)76-30-11-16-49(42-76)46-14-10-15-47(38-46)60(79)72-57(45-12-6-4-7-13-45)61(80)68-28-9-5-8-17-55(77)74-36-34-73(35-37-74)31-25-53(44-18-21-50(64)22-19-44)71-62(81)63(65)26-32-75(33-27-63)59-52-24-29-67-58(52)69-43-70-59/h10,14-15,18-24,29,38-39,43,45,49,53,57,66H,3-9,11-13,16-17,25-28,30-37,40-42,65H2,1-2H3,(H,68,80)(H,71,81)(H,72,79)(H,67,69,70)/t49?,53-,57-/m0/s1. The summed E-state index contributed by atoms with van der Waals surface area (Å²) in [5, 5.41) is 14.5. The fourth-order valence-corrected chi connectivity index (χ4v) is 12.5. The van der Waals surface area contributed by atoms with E-state index in [0.717, 1.165) is 123 Å². The highest BCUT2D eigenvalue weighted by atomic mass is 35.5. The number of hydrogen-bond acceptors (Lipinski definition) is 13. The van der Waals surface area contributed by atoms with Crippen molar-refractivity contribution in [3.63, 3.8) is 0 Å². The van der Waals surface area contributed by atoms with Crippen molar-refractivity contribution < 1.29 is 33.4 Å². The van der Waals surface area contributed by atoms with E-state index in [1.54, 1.807) is 19.5 Å². The number of fused-ring (bicyclic) bond motifs is 1. The largest absolute Gasteiger partial charge is 0.497 e. The van der Waals surface area contributed by atoms with Crippen LogP contribution < -0.4 is 41.4 Å². The van der Waals surface area contributed by atoms with Gasteiger partial charge < -0.3 is 56.2 Å². The number of methoxy groups -OCH3 is 1. The number of nitrogens with one attached hydrogen (secondary N) is 5. The van der Waals surface area contributed by atoms with E-state index < -0.39 is 11.6 Å². The van der Waals surface area contributed by atoms with Crippen LogP contribution >= 0.6 is 11.6 Å². The Balaban J connectivity index is 0.684. The van der Waals surface area contributed by atoms with Crippen LogP contribution in [-0.4, -0.2) is 156 Å². The summed E-state index contributed by atoms with van der Waals surface area (Å²) in [4.78, 5) is 89.2. The first-order valence-electron chi connectivity index (χ1n) is 30.2. The maximum absolute atomic E-state index is 14.0. The number of rotatable bonds is 25. The maximum Gasteiger partial charge on any atom is 0.251 e. The molecule has 1 saturated carbocycles. The highest BCUT2D eigenvalue weighted by Gasteiger charge is 2.40. The summed E-state index contributed by atoms with van der Waals surface area (Å²) in [5.41, 5.74) is 10.1. The molecular formula is C63H85ClN12O7. The van der Waals surface area contributed by atoms with Gasteiger partial charge in [-0.3, -0.25) is 28.9 Å². The molecule has 9 rings (SSSR count). The Morgan fingerprint density at radius 3 is 2.40 bits per heavy atom. The maximum atomic E-state index is 14.0. The number of aromatic nitrogens is 3. The minimum atomic E-state index is -1.03. The molecule has 3 saturated heterocycles. The van der Waals surface area contributed by atoms with E-state index in [9.17, 15) is 24.0 Å². The number of nitrogens with zero attached hydrogens (tertiary/aromatic N) is 6. The molecule has 2 aromatic heterocycles. The number of amides is 5. The molecule has 0 radical (unpaired) electrons. The Bertz CT molecular complexity index is 2960. The van der Waals surface area contributed by atoms with E-state index in [1.165, 1.54) is 0 Å². The molecule has 7 N–H and O–H groups in total. The van der Waals surface area contributed by atoms with Crippen molar-refractivity contribution in [2.75, 3.05) is 90.6 Å². The van der Waals surface area contributed by atoms with Gasteiger partial charge in [-0.15, -0.1) is 0 Å². The number of unbranched alkanes of at least 4 members (excludes halogenated alkanes) is 2. The number of H-pyrrole nitrogens is 1. The summed E-state index contributed by atoms with van der Waals surface area (Å²) in [6, 6.07) is 22.0. The summed E-state index contributed by atoms with van der Waals surface area (Å²) in [6.45, 7) is 9.52. The van der Waals surface area contributed by atoms with Crippen molar-refractivity contribution in [1.82, 2.24) is 50.9 Å². The van der Waals surface area contributed by atoms with Crippen LogP contribution in [0, 0.1) is 5.92 Å². The van der Waals surface area contributed by atoms with Gasteiger partial charge in [-0.2, -0.15) is 0 Å². The lowest BCUT2D eigenvalue weighted by molar-refractivity contribution is -0.133. The third kappa shape index (κ3) is 16.3. The molecule has 5 amide bonds. The van der Waals surface area contributed by atoms with Crippen LogP contribution in [0.1, 0.15) is 136 Å².